The Kier molecular flexibility index (Phi) is 1.98. The fraction of sp³-hybridized carbons (Fsp3) is 0. The Hall–Kier alpha value is -2.17. The topological polar surface area (TPSA) is 71.1 Å². The van der Waals surface area contributed by atoms with Crippen LogP contribution >= 0.6 is 0 Å². The van der Waals surface area contributed by atoms with Gasteiger partial charge in [-0.3, -0.25) is 15.1 Å². The molecule has 5 nitrogen and oxygen atoms in total. The highest BCUT2D eigenvalue weighted by molar-refractivity contribution is 6.13. The van der Waals surface area contributed by atoms with Gasteiger partial charge in [0.05, 0.1) is 0 Å². The van der Waals surface area contributed by atoms with Gasteiger partial charge in [0.25, 0.3) is 5.91 Å². The molecule has 70 valence electrons. The molecular weight excluding hydrogens is 182 g/mol. The van der Waals surface area contributed by atoms with Gasteiger partial charge in [-0.15, -0.1) is 0 Å². The molecule has 0 saturated carbocycles. The van der Waals surface area contributed by atoms with Crippen LogP contribution in [-0.2, 0) is 4.79 Å². The van der Waals surface area contributed by atoms with Crippen molar-refractivity contribution in [2.24, 2.45) is 0 Å². The van der Waals surface area contributed by atoms with Crippen molar-refractivity contribution in [2.45, 2.75) is 0 Å². The van der Waals surface area contributed by atoms with Crippen LogP contribution in [0.5, 0.6) is 0 Å². The highest BCUT2D eigenvalue weighted by Gasteiger charge is 2.22. The number of aromatic nitrogens is 1. The van der Waals surface area contributed by atoms with E-state index in [-0.39, 0.29) is 5.70 Å². The molecule has 0 atom stereocenters. The van der Waals surface area contributed by atoms with Crippen molar-refractivity contribution in [1.82, 2.24) is 15.6 Å². The molecule has 1 aliphatic rings. The third-order valence-corrected chi connectivity index (χ3v) is 1.74. The average molecular weight is 189 g/mol. The van der Waals surface area contributed by atoms with Crippen LogP contribution < -0.4 is 10.6 Å². The molecular formula is C9H7N3O2. The van der Waals surface area contributed by atoms with Gasteiger partial charge in [-0.2, -0.15) is 0 Å². The number of nitrogens with one attached hydrogen (secondary N) is 2. The third-order valence-electron chi connectivity index (χ3n) is 1.74. The number of urea groups is 1. The molecule has 3 amide bonds. The second-order valence-electron chi connectivity index (χ2n) is 2.75. The molecule has 0 aliphatic carbocycles. The molecule has 2 heterocycles. The quantitative estimate of drug-likeness (QED) is 0.491. The first-order valence-corrected chi connectivity index (χ1v) is 4.00. The maximum absolute atomic E-state index is 11.1. The summed E-state index contributed by atoms with van der Waals surface area (Å²) in [6.07, 6.45) is 4.81. The molecule has 0 unspecified atom stereocenters. The zero-order valence-electron chi connectivity index (χ0n) is 7.15. The van der Waals surface area contributed by atoms with E-state index in [0.717, 1.165) is 5.56 Å². The lowest BCUT2D eigenvalue weighted by Gasteiger charge is -1.93. The van der Waals surface area contributed by atoms with Crippen LogP contribution in [0, 0.1) is 0 Å². The number of amides is 3. The summed E-state index contributed by atoms with van der Waals surface area (Å²) in [4.78, 5) is 25.7. The molecule has 2 N–H and O–H groups in total. The van der Waals surface area contributed by atoms with Crippen LogP contribution in [0.1, 0.15) is 5.56 Å². The Morgan fingerprint density at radius 3 is 2.43 bits per heavy atom. The Bertz CT molecular complexity index is 411. The van der Waals surface area contributed by atoms with E-state index in [0.29, 0.717) is 0 Å². The molecule has 5 heteroatoms. The second-order valence-corrected chi connectivity index (χ2v) is 2.75. The number of carbonyl (C=O) groups excluding carboxylic acids is 2. The van der Waals surface area contributed by atoms with Gasteiger partial charge in [0.1, 0.15) is 5.70 Å². The van der Waals surface area contributed by atoms with E-state index in [4.69, 9.17) is 0 Å². The van der Waals surface area contributed by atoms with Crippen LogP contribution in [0.25, 0.3) is 6.08 Å². The zero-order chi connectivity index (χ0) is 9.97. The van der Waals surface area contributed by atoms with Crippen molar-refractivity contribution in [2.75, 3.05) is 0 Å². The minimum Gasteiger partial charge on any atom is -0.303 e. The summed E-state index contributed by atoms with van der Waals surface area (Å²) in [6, 6.07) is 2.99. The Labute approximate surface area is 79.8 Å². The highest BCUT2D eigenvalue weighted by Crippen LogP contribution is 2.06. The lowest BCUT2D eigenvalue weighted by Crippen LogP contribution is -2.22. The van der Waals surface area contributed by atoms with Gasteiger partial charge < -0.3 is 5.32 Å². The number of nitrogens with zero attached hydrogens (tertiary/aromatic N) is 1. The minimum atomic E-state index is -0.490. The normalized spacial score (nSPS) is 18.1. The number of hydrogen-bond acceptors (Lipinski definition) is 3. The molecule has 0 bridgehead atoms. The Morgan fingerprint density at radius 1 is 1.14 bits per heavy atom. The Balaban J connectivity index is 2.28. The lowest BCUT2D eigenvalue weighted by atomic mass is 10.2. The summed E-state index contributed by atoms with van der Waals surface area (Å²) in [7, 11) is 0. The van der Waals surface area contributed by atoms with E-state index in [2.05, 4.69) is 15.6 Å². The predicted molar refractivity (Wildman–Crippen MR) is 48.9 cm³/mol. The predicted octanol–water partition coefficient (Wildman–Crippen LogP) is 0.262. The average Bonchev–Trinajstić information content (AvgIpc) is 2.47. The van der Waals surface area contributed by atoms with Crippen molar-refractivity contribution in [3.05, 3.63) is 35.8 Å². The minimum absolute atomic E-state index is 0.251. The molecule has 1 aromatic heterocycles. The monoisotopic (exact) mass is 189 g/mol. The third kappa shape index (κ3) is 1.61. The maximum Gasteiger partial charge on any atom is 0.326 e. The molecule has 1 fully saturated rings. The van der Waals surface area contributed by atoms with Gasteiger partial charge in [0.2, 0.25) is 0 Å². The number of imide groups is 1. The maximum atomic E-state index is 11.1. The zero-order valence-corrected chi connectivity index (χ0v) is 7.15. The standard InChI is InChI=1S/C9H7N3O2/c13-8-7(11-9(14)12-8)5-6-1-3-10-4-2-6/h1-5H,(H2,11,12,13,14)/b7-5+. The highest BCUT2D eigenvalue weighted by atomic mass is 16.2. The summed E-state index contributed by atoms with van der Waals surface area (Å²) in [5.74, 6) is -0.410. The van der Waals surface area contributed by atoms with Gasteiger partial charge in [0.15, 0.2) is 0 Å². The second kappa shape index (κ2) is 3.29. The fourth-order valence-electron chi connectivity index (χ4n) is 1.11. The van der Waals surface area contributed by atoms with Crippen molar-refractivity contribution in [3.8, 4) is 0 Å². The molecule has 0 radical (unpaired) electrons. The van der Waals surface area contributed by atoms with Gasteiger partial charge in [-0.25, -0.2) is 4.79 Å². The van der Waals surface area contributed by atoms with Crippen LogP contribution in [-0.4, -0.2) is 16.9 Å². The SMILES string of the molecule is O=C1NC(=O)/C(=C\c2ccncc2)N1. The van der Waals surface area contributed by atoms with E-state index in [1.807, 2.05) is 0 Å². The van der Waals surface area contributed by atoms with Gasteiger partial charge in [0, 0.05) is 12.4 Å². The van der Waals surface area contributed by atoms with E-state index in [9.17, 15) is 9.59 Å². The van der Waals surface area contributed by atoms with E-state index in [1.165, 1.54) is 0 Å². The molecule has 1 saturated heterocycles. The molecule has 0 aromatic carbocycles. The lowest BCUT2D eigenvalue weighted by molar-refractivity contribution is -0.115. The largest absolute Gasteiger partial charge is 0.326 e. The van der Waals surface area contributed by atoms with Crippen LogP contribution in [0.15, 0.2) is 30.2 Å². The van der Waals surface area contributed by atoms with Crippen molar-refractivity contribution < 1.29 is 9.59 Å². The number of hydrogen-bond donors (Lipinski definition) is 2. The van der Waals surface area contributed by atoms with E-state index in [1.54, 1.807) is 30.6 Å². The first-order valence-electron chi connectivity index (χ1n) is 4.00. The summed E-state index contributed by atoms with van der Waals surface area (Å²) in [5, 5.41) is 4.51. The first-order chi connectivity index (χ1) is 6.75. The molecule has 0 spiro atoms. The molecule has 14 heavy (non-hydrogen) atoms. The Morgan fingerprint density at radius 2 is 1.86 bits per heavy atom. The molecule has 2 rings (SSSR count). The summed E-state index contributed by atoms with van der Waals surface area (Å²) in [5.41, 5.74) is 1.06. The summed E-state index contributed by atoms with van der Waals surface area (Å²) < 4.78 is 0. The number of rotatable bonds is 1. The van der Waals surface area contributed by atoms with Gasteiger partial charge in [-0.05, 0) is 23.8 Å². The number of pyridine rings is 1. The van der Waals surface area contributed by atoms with Crippen molar-refractivity contribution in [3.63, 3.8) is 0 Å². The van der Waals surface area contributed by atoms with Gasteiger partial charge in [-0.1, -0.05) is 0 Å². The van der Waals surface area contributed by atoms with Gasteiger partial charge >= 0.3 is 6.03 Å². The van der Waals surface area contributed by atoms with Crippen LogP contribution in [0.3, 0.4) is 0 Å². The van der Waals surface area contributed by atoms with E-state index < -0.39 is 11.9 Å². The molecule has 1 aliphatic heterocycles. The number of carbonyl (C=O) groups is 2. The van der Waals surface area contributed by atoms with Crippen molar-refractivity contribution in [1.29, 1.82) is 0 Å². The fourth-order valence-corrected chi connectivity index (χ4v) is 1.11. The van der Waals surface area contributed by atoms with Crippen molar-refractivity contribution >= 4 is 18.0 Å². The first kappa shape index (κ1) is 8.43. The summed E-state index contributed by atoms with van der Waals surface area (Å²) in [6.45, 7) is 0. The van der Waals surface area contributed by atoms with E-state index >= 15 is 0 Å². The van der Waals surface area contributed by atoms with Crippen LogP contribution in [0.2, 0.25) is 0 Å². The molecule has 1 aromatic rings. The summed E-state index contributed by atoms with van der Waals surface area (Å²) >= 11 is 0. The van der Waals surface area contributed by atoms with Crippen LogP contribution in [0.4, 0.5) is 4.79 Å². The smallest absolute Gasteiger partial charge is 0.303 e.